The van der Waals surface area contributed by atoms with Crippen molar-refractivity contribution in [2.45, 2.75) is 0 Å². The lowest BCUT2D eigenvalue weighted by atomic mass is 10.2. The zero-order chi connectivity index (χ0) is 13.1. The van der Waals surface area contributed by atoms with Gasteiger partial charge in [0.15, 0.2) is 5.15 Å². The van der Waals surface area contributed by atoms with Crippen LogP contribution in [0.5, 0.6) is 0 Å². The van der Waals surface area contributed by atoms with Crippen LogP contribution in [0.25, 0.3) is 0 Å². The van der Waals surface area contributed by atoms with Gasteiger partial charge in [-0.25, -0.2) is 9.97 Å². The monoisotopic (exact) mass is 349 g/mol. The molecule has 2 rings (SSSR count). The van der Waals surface area contributed by atoms with Crippen LogP contribution in [0, 0.1) is 0 Å². The predicted molar refractivity (Wildman–Crippen MR) is 74.1 cm³/mol. The van der Waals surface area contributed by atoms with Crippen LogP contribution in [-0.4, -0.2) is 15.9 Å². The minimum atomic E-state index is -0.399. The van der Waals surface area contributed by atoms with Gasteiger partial charge in [-0.3, -0.25) is 4.79 Å². The number of carbonyl (C=O) groups is 1. The molecule has 0 radical (unpaired) electrons. The van der Waals surface area contributed by atoms with Crippen molar-refractivity contribution >= 4 is 50.7 Å². The van der Waals surface area contributed by atoms with E-state index in [2.05, 4.69) is 31.2 Å². The van der Waals surface area contributed by atoms with Crippen LogP contribution < -0.4 is 5.32 Å². The molecule has 2 heterocycles. The van der Waals surface area contributed by atoms with Crippen LogP contribution in [0.1, 0.15) is 10.4 Å². The first-order valence-corrected chi connectivity index (χ1v) is 6.35. The van der Waals surface area contributed by atoms with Crippen LogP contribution in [0.2, 0.25) is 10.3 Å². The van der Waals surface area contributed by atoms with Crippen molar-refractivity contribution in [3.63, 3.8) is 0 Å². The lowest BCUT2D eigenvalue weighted by Crippen LogP contribution is -2.13. The molecule has 1 amide bonds. The Morgan fingerprint density at radius 2 is 2.33 bits per heavy atom. The van der Waals surface area contributed by atoms with Gasteiger partial charge in [0, 0.05) is 16.9 Å². The molecule has 0 bridgehead atoms. The lowest BCUT2D eigenvalue weighted by Gasteiger charge is -2.07. The van der Waals surface area contributed by atoms with Crippen molar-refractivity contribution < 1.29 is 4.79 Å². The number of hydrogen-bond acceptors (Lipinski definition) is 3. The number of aromatic nitrogens is 2. The summed E-state index contributed by atoms with van der Waals surface area (Å²) in [7, 11) is 0. The Balaban J connectivity index is 2.28. The quantitative estimate of drug-likeness (QED) is 0.838. The number of pyridine rings is 2. The van der Waals surface area contributed by atoms with E-state index in [1.807, 2.05) is 0 Å². The fourth-order valence-electron chi connectivity index (χ4n) is 1.25. The van der Waals surface area contributed by atoms with E-state index in [-0.39, 0.29) is 15.9 Å². The summed E-state index contributed by atoms with van der Waals surface area (Å²) in [6, 6.07) is 4.89. The first-order valence-electron chi connectivity index (χ1n) is 4.81. The molecule has 0 saturated heterocycles. The van der Waals surface area contributed by atoms with Crippen LogP contribution >= 0.6 is 39.1 Å². The third-order valence-corrected chi connectivity index (χ3v) is 3.09. The first-order chi connectivity index (χ1) is 8.58. The van der Waals surface area contributed by atoms with Gasteiger partial charge < -0.3 is 5.32 Å². The minimum Gasteiger partial charge on any atom is -0.319 e. The number of amides is 1. The van der Waals surface area contributed by atoms with Crippen LogP contribution in [0.15, 0.2) is 35.1 Å². The van der Waals surface area contributed by atoms with Crippen molar-refractivity contribution in [2.75, 3.05) is 5.32 Å². The maximum Gasteiger partial charge on any atom is 0.258 e. The highest BCUT2D eigenvalue weighted by Crippen LogP contribution is 2.22. The van der Waals surface area contributed by atoms with Crippen molar-refractivity contribution in [1.82, 2.24) is 9.97 Å². The van der Waals surface area contributed by atoms with Gasteiger partial charge in [0.2, 0.25) is 0 Å². The number of rotatable bonds is 2. The molecular formula is C11H6BrCl2N3O. The van der Waals surface area contributed by atoms with Crippen molar-refractivity contribution in [2.24, 2.45) is 0 Å². The van der Waals surface area contributed by atoms with E-state index in [9.17, 15) is 4.79 Å². The Kier molecular flexibility index (Phi) is 4.16. The number of hydrogen-bond donors (Lipinski definition) is 1. The van der Waals surface area contributed by atoms with Gasteiger partial charge in [-0.2, -0.15) is 0 Å². The smallest absolute Gasteiger partial charge is 0.258 e. The van der Waals surface area contributed by atoms with E-state index in [4.69, 9.17) is 23.2 Å². The number of nitrogens with one attached hydrogen (secondary N) is 1. The Morgan fingerprint density at radius 3 is 3.06 bits per heavy atom. The van der Waals surface area contributed by atoms with Crippen molar-refractivity contribution in [1.29, 1.82) is 0 Å². The molecule has 0 spiro atoms. The number of halogens is 3. The summed E-state index contributed by atoms with van der Waals surface area (Å²) in [5.41, 5.74) is 0.672. The zero-order valence-corrected chi connectivity index (χ0v) is 11.9. The molecule has 0 aliphatic rings. The molecule has 92 valence electrons. The molecule has 4 nitrogen and oxygen atoms in total. The van der Waals surface area contributed by atoms with Crippen molar-refractivity contribution in [3.05, 3.63) is 50.9 Å². The average molecular weight is 351 g/mol. The number of anilines is 1. The van der Waals surface area contributed by atoms with E-state index < -0.39 is 5.91 Å². The zero-order valence-electron chi connectivity index (χ0n) is 8.82. The van der Waals surface area contributed by atoms with E-state index in [1.165, 1.54) is 12.4 Å². The lowest BCUT2D eigenvalue weighted by molar-refractivity contribution is 0.102. The summed E-state index contributed by atoms with van der Waals surface area (Å²) in [4.78, 5) is 19.7. The van der Waals surface area contributed by atoms with Crippen LogP contribution in [0.3, 0.4) is 0 Å². The maximum absolute atomic E-state index is 12.0. The van der Waals surface area contributed by atoms with Crippen LogP contribution in [-0.2, 0) is 0 Å². The molecule has 0 fully saturated rings. The van der Waals surface area contributed by atoms with Crippen LogP contribution in [0.4, 0.5) is 5.69 Å². The largest absolute Gasteiger partial charge is 0.319 e. The number of nitrogens with zero attached hydrogens (tertiary/aromatic N) is 2. The standard InChI is InChI=1S/C11H6BrCl2N3O/c12-6-4-7(9(13)16-5-6)11(18)17-8-2-1-3-15-10(8)14/h1-5H,(H,17,18)/i3+2,10+2. The van der Waals surface area contributed by atoms with E-state index in [0.29, 0.717) is 10.2 Å². The summed E-state index contributed by atoms with van der Waals surface area (Å²) < 4.78 is 0.661. The van der Waals surface area contributed by atoms with Gasteiger partial charge in [-0.15, -0.1) is 0 Å². The second-order valence-electron chi connectivity index (χ2n) is 3.29. The predicted octanol–water partition coefficient (Wildman–Crippen LogP) is 3.80. The summed E-state index contributed by atoms with van der Waals surface area (Å²) >= 11 is 14.9. The number of carbonyl (C=O) groups excluding carboxylic acids is 1. The molecule has 0 saturated carbocycles. The van der Waals surface area contributed by atoms with Gasteiger partial charge in [-0.1, -0.05) is 23.2 Å². The topological polar surface area (TPSA) is 54.9 Å². The Bertz CT molecular complexity index is 607. The van der Waals surface area contributed by atoms with E-state index >= 15 is 0 Å². The average Bonchev–Trinajstić information content (AvgIpc) is 2.35. The fraction of sp³-hybridized carbons (Fsp3) is 0. The molecule has 0 aliphatic carbocycles. The summed E-state index contributed by atoms with van der Waals surface area (Å²) in [5.74, 6) is -0.399. The highest BCUT2D eigenvalue weighted by molar-refractivity contribution is 9.10. The molecule has 7 heteroatoms. The third kappa shape index (κ3) is 2.98. The molecule has 18 heavy (non-hydrogen) atoms. The second-order valence-corrected chi connectivity index (χ2v) is 4.92. The normalized spacial score (nSPS) is 10.2. The minimum absolute atomic E-state index is 0.121. The Hall–Kier alpha value is -1.17. The summed E-state index contributed by atoms with van der Waals surface area (Å²) in [6.07, 6.45) is 3.04. The van der Waals surface area contributed by atoms with E-state index in [0.717, 1.165) is 0 Å². The van der Waals surface area contributed by atoms with Gasteiger partial charge in [0.1, 0.15) is 5.15 Å². The Labute approximate surface area is 121 Å². The highest BCUT2D eigenvalue weighted by Gasteiger charge is 2.13. The van der Waals surface area contributed by atoms with Gasteiger partial charge in [0.25, 0.3) is 5.91 Å². The van der Waals surface area contributed by atoms with Gasteiger partial charge in [-0.05, 0) is 34.1 Å². The first kappa shape index (κ1) is 13.3. The second kappa shape index (κ2) is 5.65. The molecule has 0 aliphatic heterocycles. The Morgan fingerprint density at radius 1 is 1.56 bits per heavy atom. The molecular weight excluding hydrogens is 345 g/mol. The summed E-state index contributed by atoms with van der Waals surface area (Å²) in [6.45, 7) is 0. The van der Waals surface area contributed by atoms with E-state index in [1.54, 1.807) is 18.2 Å². The molecule has 2 aromatic heterocycles. The van der Waals surface area contributed by atoms with Crippen molar-refractivity contribution in [3.8, 4) is 0 Å². The fourth-order valence-corrected chi connectivity index (χ4v) is 1.94. The maximum atomic E-state index is 12.0. The summed E-state index contributed by atoms with van der Waals surface area (Å²) in [5, 5.41) is 2.95. The van der Waals surface area contributed by atoms with Gasteiger partial charge >= 0.3 is 0 Å². The highest BCUT2D eigenvalue weighted by atomic mass is 79.9. The SMILES string of the molecule is O=C(Nc1cc[14cH]n[14c]1Cl)c1cc(Br)cnc1Cl. The molecule has 2 aromatic rings. The molecule has 0 atom stereocenters. The van der Waals surface area contributed by atoms with Gasteiger partial charge in [0.05, 0.1) is 11.3 Å². The molecule has 1 N–H and O–H groups in total. The third-order valence-electron chi connectivity index (χ3n) is 2.06. The molecule has 0 aromatic carbocycles. The molecule has 0 unspecified atom stereocenters.